The summed E-state index contributed by atoms with van der Waals surface area (Å²) in [5.41, 5.74) is 1.15. The summed E-state index contributed by atoms with van der Waals surface area (Å²) in [5, 5.41) is 0. The molecule has 1 amide bonds. The van der Waals surface area contributed by atoms with Gasteiger partial charge in [-0.05, 0) is 49.8 Å². The molecule has 152 valence electrons. The molecule has 0 aromatic heterocycles. The standard InChI is InChI=1S/C22H23NO6/c1-5-23(6-2)22(25)29-17-10-7-14(11-19(17)27-4)12-20-21(24)16-9-8-15(26-3)13-18(16)28-20/h7-13H,5-6H2,1-4H3/b20-12-. The predicted molar refractivity (Wildman–Crippen MR) is 108 cm³/mol. The van der Waals surface area contributed by atoms with Crippen molar-refractivity contribution in [3.63, 3.8) is 0 Å². The minimum Gasteiger partial charge on any atom is -0.497 e. The zero-order valence-electron chi connectivity index (χ0n) is 16.9. The van der Waals surface area contributed by atoms with Crippen LogP contribution >= 0.6 is 0 Å². The summed E-state index contributed by atoms with van der Waals surface area (Å²) >= 11 is 0. The molecule has 7 heteroatoms. The molecule has 2 aromatic rings. The molecule has 0 atom stereocenters. The van der Waals surface area contributed by atoms with Crippen molar-refractivity contribution in [1.82, 2.24) is 4.90 Å². The Morgan fingerprint density at radius 2 is 1.79 bits per heavy atom. The van der Waals surface area contributed by atoms with Crippen LogP contribution in [-0.2, 0) is 0 Å². The second-order valence-corrected chi connectivity index (χ2v) is 6.25. The highest BCUT2D eigenvalue weighted by molar-refractivity contribution is 6.14. The second-order valence-electron chi connectivity index (χ2n) is 6.25. The number of allylic oxidation sites excluding steroid dienone is 1. The van der Waals surface area contributed by atoms with E-state index in [4.69, 9.17) is 18.9 Å². The lowest BCUT2D eigenvalue weighted by Gasteiger charge is -2.19. The molecule has 1 heterocycles. The molecule has 0 saturated heterocycles. The SMILES string of the molecule is CCN(CC)C(=O)Oc1ccc(/C=C2\Oc3cc(OC)ccc3C2=O)cc1OC. The highest BCUT2D eigenvalue weighted by Crippen LogP contribution is 2.36. The minimum atomic E-state index is -0.446. The first-order valence-electron chi connectivity index (χ1n) is 9.27. The first-order valence-corrected chi connectivity index (χ1v) is 9.27. The summed E-state index contributed by atoms with van der Waals surface area (Å²) in [6, 6.07) is 10.1. The number of nitrogens with zero attached hydrogens (tertiary/aromatic N) is 1. The van der Waals surface area contributed by atoms with Gasteiger partial charge in [0.1, 0.15) is 11.5 Å². The van der Waals surface area contributed by atoms with Gasteiger partial charge in [0.05, 0.1) is 19.8 Å². The van der Waals surface area contributed by atoms with Crippen molar-refractivity contribution in [2.24, 2.45) is 0 Å². The van der Waals surface area contributed by atoms with Crippen molar-refractivity contribution in [1.29, 1.82) is 0 Å². The normalized spacial score (nSPS) is 13.7. The number of benzene rings is 2. The van der Waals surface area contributed by atoms with E-state index < -0.39 is 6.09 Å². The van der Waals surface area contributed by atoms with Gasteiger partial charge in [-0.25, -0.2) is 4.79 Å². The first kappa shape index (κ1) is 20.3. The van der Waals surface area contributed by atoms with Crippen LogP contribution in [0.5, 0.6) is 23.0 Å². The predicted octanol–water partition coefficient (Wildman–Crippen LogP) is 4.16. The average molecular weight is 397 g/mol. The molecular formula is C22H23NO6. The highest BCUT2D eigenvalue weighted by Gasteiger charge is 2.27. The van der Waals surface area contributed by atoms with Gasteiger partial charge in [0.25, 0.3) is 0 Å². The number of hydrogen-bond acceptors (Lipinski definition) is 6. The van der Waals surface area contributed by atoms with Crippen LogP contribution in [0.15, 0.2) is 42.2 Å². The Kier molecular flexibility index (Phi) is 6.07. The summed E-state index contributed by atoms with van der Waals surface area (Å²) in [4.78, 5) is 26.3. The molecule has 2 aromatic carbocycles. The van der Waals surface area contributed by atoms with E-state index >= 15 is 0 Å². The van der Waals surface area contributed by atoms with Crippen molar-refractivity contribution >= 4 is 18.0 Å². The molecule has 0 bridgehead atoms. The minimum absolute atomic E-state index is 0.197. The van der Waals surface area contributed by atoms with Crippen LogP contribution in [0.25, 0.3) is 6.08 Å². The van der Waals surface area contributed by atoms with E-state index in [1.54, 1.807) is 54.5 Å². The number of ketones is 1. The Morgan fingerprint density at radius 3 is 2.45 bits per heavy atom. The number of carbonyl (C=O) groups excluding carboxylic acids is 2. The van der Waals surface area contributed by atoms with E-state index in [9.17, 15) is 9.59 Å². The third-order valence-corrected chi connectivity index (χ3v) is 4.58. The van der Waals surface area contributed by atoms with E-state index in [0.29, 0.717) is 47.2 Å². The summed E-state index contributed by atoms with van der Waals surface area (Å²) in [6.07, 6.45) is 1.17. The third-order valence-electron chi connectivity index (χ3n) is 4.58. The van der Waals surface area contributed by atoms with Crippen molar-refractivity contribution in [3.05, 3.63) is 53.3 Å². The van der Waals surface area contributed by atoms with Gasteiger partial charge in [-0.3, -0.25) is 4.79 Å². The lowest BCUT2D eigenvalue weighted by atomic mass is 10.1. The fourth-order valence-corrected chi connectivity index (χ4v) is 2.94. The summed E-state index contributed by atoms with van der Waals surface area (Å²) < 4.78 is 21.6. The van der Waals surface area contributed by atoms with Gasteiger partial charge in [-0.1, -0.05) is 6.07 Å². The Labute approximate surface area is 169 Å². The number of hydrogen-bond donors (Lipinski definition) is 0. The zero-order valence-corrected chi connectivity index (χ0v) is 16.9. The fourth-order valence-electron chi connectivity index (χ4n) is 2.94. The zero-order chi connectivity index (χ0) is 21.0. The van der Waals surface area contributed by atoms with Crippen molar-refractivity contribution in [3.8, 4) is 23.0 Å². The van der Waals surface area contributed by atoms with Crippen LogP contribution in [0.2, 0.25) is 0 Å². The lowest BCUT2D eigenvalue weighted by Crippen LogP contribution is -2.33. The Hall–Kier alpha value is -3.48. The van der Waals surface area contributed by atoms with Gasteiger partial charge >= 0.3 is 6.09 Å². The van der Waals surface area contributed by atoms with Gasteiger partial charge in [-0.15, -0.1) is 0 Å². The molecule has 0 aliphatic carbocycles. The van der Waals surface area contributed by atoms with Crippen LogP contribution < -0.4 is 18.9 Å². The third kappa shape index (κ3) is 4.18. The van der Waals surface area contributed by atoms with Crippen LogP contribution in [0.4, 0.5) is 4.79 Å². The molecular weight excluding hydrogens is 374 g/mol. The topological polar surface area (TPSA) is 74.3 Å². The number of carbonyl (C=O) groups is 2. The smallest absolute Gasteiger partial charge is 0.415 e. The molecule has 0 fully saturated rings. The maximum absolute atomic E-state index is 12.6. The largest absolute Gasteiger partial charge is 0.497 e. The van der Waals surface area contributed by atoms with Gasteiger partial charge < -0.3 is 23.8 Å². The molecule has 0 N–H and O–H groups in total. The van der Waals surface area contributed by atoms with E-state index in [-0.39, 0.29) is 11.5 Å². The molecule has 0 unspecified atom stereocenters. The van der Waals surface area contributed by atoms with E-state index in [0.717, 1.165) is 0 Å². The van der Waals surface area contributed by atoms with E-state index in [1.165, 1.54) is 7.11 Å². The number of ether oxygens (including phenoxy) is 4. The van der Waals surface area contributed by atoms with Crippen LogP contribution in [0.3, 0.4) is 0 Å². The highest BCUT2D eigenvalue weighted by atomic mass is 16.6. The molecule has 1 aliphatic rings. The number of amides is 1. The van der Waals surface area contributed by atoms with E-state index in [2.05, 4.69) is 0 Å². The molecule has 1 aliphatic heterocycles. The Morgan fingerprint density at radius 1 is 1.03 bits per heavy atom. The number of Topliss-reactive ketones (excluding diaryl/α,β-unsaturated/α-hetero) is 1. The fraction of sp³-hybridized carbons (Fsp3) is 0.273. The Bertz CT molecular complexity index is 962. The molecule has 3 rings (SSSR count). The number of rotatable bonds is 6. The van der Waals surface area contributed by atoms with Gasteiger partial charge in [0, 0.05) is 19.2 Å². The van der Waals surface area contributed by atoms with Crippen LogP contribution in [0, 0.1) is 0 Å². The molecule has 7 nitrogen and oxygen atoms in total. The van der Waals surface area contributed by atoms with Gasteiger partial charge in [-0.2, -0.15) is 0 Å². The van der Waals surface area contributed by atoms with Crippen LogP contribution in [0.1, 0.15) is 29.8 Å². The monoisotopic (exact) mass is 397 g/mol. The molecule has 0 saturated carbocycles. The number of methoxy groups -OCH3 is 2. The van der Waals surface area contributed by atoms with E-state index in [1.807, 2.05) is 13.8 Å². The summed E-state index contributed by atoms with van der Waals surface area (Å²) in [6.45, 7) is 4.85. The quantitative estimate of drug-likeness (QED) is 0.682. The Balaban J connectivity index is 1.83. The second kappa shape index (κ2) is 8.68. The molecule has 29 heavy (non-hydrogen) atoms. The van der Waals surface area contributed by atoms with Crippen molar-refractivity contribution in [2.75, 3.05) is 27.3 Å². The van der Waals surface area contributed by atoms with Gasteiger partial charge in [0.15, 0.2) is 17.3 Å². The number of fused-ring (bicyclic) bond motifs is 1. The molecule has 0 spiro atoms. The summed E-state index contributed by atoms with van der Waals surface area (Å²) in [5.74, 6) is 1.74. The van der Waals surface area contributed by atoms with Crippen LogP contribution in [-0.4, -0.2) is 44.1 Å². The lowest BCUT2D eigenvalue weighted by molar-refractivity contribution is 0.101. The van der Waals surface area contributed by atoms with Gasteiger partial charge in [0.2, 0.25) is 5.78 Å². The maximum atomic E-state index is 12.6. The molecule has 0 radical (unpaired) electrons. The summed E-state index contributed by atoms with van der Waals surface area (Å²) in [7, 11) is 3.04. The van der Waals surface area contributed by atoms with Crippen molar-refractivity contribution in [2.45, 2.75) is 13.8 Å². The first-order chi connectivity index (χ1) is 14.0. The van der Waals surface area contributed by atoms with Crippen molar-refractivity contribution < 1.29 is 28.5 Å². The average Bonchev–Trinajstić information content (AvgIpc) is 3.04. The maximum Gasteiger partial charge on any atom is 0.415 e.